The molecule has 0 saturated heterocycles. The van der Waals surface area contributed by atoms with Crippen LogP contribution in [0, 0.1) is 0 Å². The van der Waals surface area contributed by atoms with Crippen LogP contribution >= 0.6 is 0 Å². The molecule has 1 aliphatic carbocycles. The van der Waals surface area contributed by atoms with Crippen LogP contribution in [0.1, 0.15) is 0 Å². The van der Waals surface area contributed by atoms with Gasteiger partial charge >= 0.3 is 0 Å². The van der Waals surface area contributed by atoms with Crippen LogP contribution in [0.2, 0.25) is 19.6 Å². The monoisotopic (exact) mass is 184 g/mol. The van der Waals surface area contributed by atoms with Crippen molar-refractivity contribution in [2.24, 2.45) is 0 Å². The number of rotatable bonds is 1. The topological polar surface area (TPSA) is 40.5 Å². The fourth-order valence-corrected chi connectivity index (χ4v) is 3.01. The molecule has 2 atom stereocenters. The van der Waals surface area contributed by atoms with Gasteiger partial charge in [0.2, 0.25) is 0 Å². The highest BCUT2D eigenvalue weighted by Crippen LogP contribution is 2.23. The Labute approximate surface area is 74.2 Å². The van der Waals surface area contributed by atoms with Crippen LogP contribution in [0.4, 0.5) is 0 Å². The summed E-state index contributed by atoms with van der Waals surface area (Å²) in [6, 6.07) is 0. The molecule has 0 amide bonds. The standard InChI is InChI=1S/C9H16O2Si/c1-12(2,3)8-6-4-5-7(10)9(8)11/h4-7,9-11H,1-3H3/t7-,9-/m0/s1. The zero-order chi connectivity index (χ0) is 9.35. The Morgan fingerprint density at radius 1 is 1.25 bits per heavy atom. The van der Waals surface area contributed by atoms with Gasteiger partial charge in [-0.25, -0.2) is 0 Å². The molecule has 0 bridgehead atoms. The van der Waals surface area contributed by atoms with Gasteiger partial charge in [-0.05, 0) is 0 Å². The lowest BCUT2D eigenvalue weighted by atomic mass is 10.1. The smallest absolute Gasteiger partial charge is 0.102 e. The number of hydrogen-bond acceptors (Lipinski definition) is 2. The molecule has 2 N–H and O–H groups in total. The summed E-state index contributed by atoms with van der Waals surface area (Å²) in [5, 5.41) is 20.0. The second-order valence-electron chi connectivity index (χ2n) is 4.19. The molecular formula is C9H16O2Si. The zero-order valence-corrected chi connectivity index (χ0v) is 8.78. The van der Waals surface area contributed by atoms with Crippen molar-refractivity contribution in [2.75, 3.05) is 0 Å². The molecule has 0 aromatic heterocycles. The van der Waals surface area contributed by atoms with Crippen molar-refractivity contribution >= 4 is 8.07 Å². The Balaban J connectivity index is 2.90. The number of allylic oxidation sites excluding steroid dienone is 2. The van der Waals surface area contributed by atoms with E-state index in [1.54, 1.807) is 6.08 Å². The minimum Gasteiger partial charge on any atom is -0.386 e. The molecule has 0 aromatic rings. The lowest BCUT2D eigenvalue weighted by Gasteiger charge is -2.29. The molecule has 0 unspecified atom stereocenters. The largest absolute Gasteiger partial charge is 0.386 e. The molecule has 0 aromatic carbocycles. The predicted octanol–water partition coefficient (Wildman–Crippen LogP) is 1.08. The lowest BCUT2D eigenvalue weighted by Crippen LogP contribution is -2.39. The van der Waals surface area contributed by atoms with Gasteiger partial charge in [0, 0.05) is 0 Å². The molecule has 2 nitrogen and oxygen atoms in total. The normalized spacial score (nSPS) is 30.2. The van der Waals surface area contributed by atoms with Crippen molar-refractivity contribution in [2.45, 2.75) is 31.8 Å². The van der Waals surface area contributed by atoms with Gasteiger partial charge in [-0.15, -0.1) is 0 Å². The van der Waals surface area contributed by atoms with Crippen molar-refractivity contribution in [3.05, 3.63) is 23.4 Å². The van der Waals surface area contributed by atoms with Gasteiger partial charge in [-0.1, -0.05) is 43.1 Å². The molecule has 1 rings (SSSR count). The van der Waals surface area contributed by atoms with Crippen LogP contribution in [-0.2, 0) is 0 Å². The van der Waals surface area contributed by atoms with Gasteiger partial charge in [0.25, 0.3) is 0 Å². The van der Waals surface area contributed by atoms with Crippen molar-refractivity contribution < 1.29 is 10.2 Å². The van der Waals surface area contributed by atoms with Gasteiger partial charge < -0.3 is 10.2 Å². The van der Waals surface area contributed by atoms with E-state index in [-0.39, 0.29) is 0 Å². The van der Waals surface area contributed by atoms with Gasteiger partial charge in [-0.3, -0.25) is 0 Å². The molecule has 68 valence electrons. The SMILES string of the molecule is C[Si](C)(C)C1=CC=C[C@H](O)[C@@H]1O. The van der Waals surface area contributed by atoms with E-state index in [0.29, 0.717) is 0 Å². The first-order chi connectivity index (χ1) is 5.43. The second kappa shape index (κ2) is 3.16. The third-order valence-corrected chi connectivity index (χ3v) is 4.29. The molecule has 0 spiro atoms. The average Bonchev–Trinajstić information content (AvgIpc) is 1.92. The Morgan fingerprint density at radius 2 is 1.83 bits per heavy atom. The summed E-state index contributed by atoms with van der Waals surface area (Å²) in [5.74, 6) is 0. The maximum Gasteiger partial charge on any atom is 0.102 e. The van der Waals surface area contributed by atoms with Crippen LogP contribution < -0.4 is 0 Å². The van der Waals surface area contributed by atoms with Crippen molar-refractivity contribution in [3.8, 4) is 0 Å². The minimum absolute atomic E-state index is 0.679. The van der Waals surface area contributed by atoms with Crippen LogP contribution in [0.25, 0.3) is 0 Å². The number of hydrogen-bond donors (Lipinski definition) is 2. The summed E-state index contributed by atoms with van der Waals surface area (Å²) < 4.78 is 0. The van der Waals surface area contributed by atoms with Crippen LogP contribution in [0.15, 0.2) is 23.4 Å². The van der Waals surface area contributed by atoms with Crippen molar-refractivity contribution in [1.82, 2.24) is 0 Å². The first-order valence-corrected chi connectivity index (χ1v) is 7.68. The molecule has 0 radical (unpaired) electrons. The average molecular weight is 184 g/mol. The van der Waals surface area contributed by atoms with Crippen LogP contribution in [-0.4, -0.2) is 30.5 Å². The summed E-state index contributed by atoms with van der Waals surface area (Å²) in [6.45, 7) is 6.48. The highest BCUT2D eigenvalue weighted by molar-refractivity contribution is 6.83. The molecule has 12 heavy (non-hydrogen) atoms. The zero-order valence-electron chi connectivity index (χ0n) is 7.78. The second-order valence-corrected chi connectivity index (χ2v) is 9.27. The highest BCUT2D eigenvalue weighted by atomic mass is 28.3. The summed E-state index contributed by atoms with van der Waals surface area (Å²) in [4.78, 5) is 0. The van der Waals surface area contributed by atoms with E-state index in [4.69, 9.17) is 0 Å². The highest BCUT2D eigenvalue weighted by Gasteiger charge is 2.30. The molecule has 0 heterocycles. The van der Waals surface area contributed by atoms with E-state index in [1.165, 1.54) is 0 Å². The maximum absolute atomic E-state index is 9.64. The van der Waals surface area contributed by atoms with E-state index in [0.717, 1.165) is 5.20 Å². The first-order valence-electron chi connectivity index (χ1n) is 4.18. The lowest BCUT2D eigenvalue weighted by molar-refractivity contribution is 0.0755. The Kier molecular flexibility index (Phi) is 2.56. The van der Waals surface area contributed by atoms with Crippen LogP contribution in [0.3, 0.4) is 0 Å². The Bertz CT molecular complexity index is 225. The molecule has 0 aliphatic heterocycles. The Morgan fingerprint density at radius 3 is 2.25 bits per heavy atom. The van der Waals surface area contributed by atoms with E-state index >= 15 is 0 Å². The third-order valence-electron chi connectivity index (χ3n) is 2.09. The number of aliphatic hydroxyl groups is 2. The summed E-state index contributed by atoms with van der Waals surface area (Å²) >= 11 is 0. The molecule has 3 heteroatoms. The van der Waals surface area contributed by atoms with Crippen LogP contribution in [0.5, 0.6) is 0 Å². The maximum atomic E-state index is 9.64. The van der Waals surface area contributed by atoms with Gasteiger partial charge in [-0.2, -0.15) is 0 Å². The quantitative estimate of drug-likeness (QED) is 0.599. The minimum atomic E-state index is -1.46. The number of aliphatic hydroxyl groups excluding tert-OH is 2. The van der Waals surface area contributed by atoms with E-state index < -0.39 is 20.3 Å². The summed E-state index contributed by atoms with van der Waals surface area (Å²) in [7, 11) is -1.46. The molecule has 0 saturated carbocycles. The summed E-state index contributed by atoms with van der Waals surface area (Å²) in [6.07, 6.45) is 3.99. The fraction of sp³-hybridized carbons (Fsp3) is 0.556. The summed E-state index contributed by atoms with van der Waals surface area (Å²) in [5.41, 5.74) is 0. The molecule has 0 fully saturated rings. The van der Waals surface area contributed by atoms with Crippen molar-refractivity contribution in [3.63, 3.8) is 0 Å². The van der Waals surface area contributed by atoms with Gasteiger partial charge in [0.15, 0.2) is 0 Å². The Hall–Kier alpha value is -0.383. The van der Waals surface area contributed by atoms with E-state index in [2.05, 4.69) is 19.6 Å². The molecular weight excluding hydrogens is 168 g/mol. The van der Waals surface area contributed by atoms with E-state index in [9.17, 15) is 10.2 Å². The van der Waals surface area contributed by atoms with Crippen molar-refractivity contribution in [1.29, 1.82) is 0 Å². The third kappa shape index (κ3) is 1.86. The first kappa shape index (κ1) is 9.70. The van der Waals surface area contributed by atoms with Gasteiger partial charge in [0.05, 0.1) is 8.07 Å². The fourth-order valence-electron chi connectivity index (χ4n) is 1.35. The van der Waals surface area contributed by atoms with Gasteiger partial charge in [0.1, 0.15) is 12.2 Å². The van der Waals surface area contributed by atoms with E-state index in [1.807, 2.05) is 12.2 Å². The molecule has 1 aliphatic rings. The predicted molar refractivity (Wildman–Crippen MR) is 52.6 cm³/mol.